The lowest BCUT2D eigenvalue weighted by molar-refractivity contribution is -0.144. The number of fused-ring (bicyclic) bond motifs is 3. The predicted molar refractivity (Wildman–Crippen MR) is 85.4 cm³/mol. The third-order valence-corrected chi connectivity index (χ3v) is 4.75. The topological polar surface area (TPSA) is 59.1 Å². The summed E-state index contributed by atoms with van der Waals surface area (Å²) in [6.07, 6.45) is -1.11. The van der Waals surface area contributed by atoms with E-state index in [-0.39, 0.29) is 11.4 Å². The van der Waals surface area contributed by atoms with Crippen molar-refractivity contribution in [2.24, 2.45) is 0 Å². The van der Waals surface area contributed by atoms with Crippen LogP contribution in [0.4, 0.5) is 24.7 Å². The number of nitrogens with zero attached hydrogens (tertiary/aromatic N) is 2. The van der Waals surface area contributed by atoms with E-state index in [1.54, 1.807) is 0 Å². The van der Waals surface area contributed by atoms with E-state index in [1.165, 1.54) is 6.07 Å². The molecule has 25 heavy (non-hydrogen) atoms. The molecule has 5 rings (SSSR count). The molecule has 1 aromatic heterocycles. The molecule has 3 aliphatic heterocycles. The van der Waals surface area contributed by atoms with Crippen molar-refractivity contribution in [3.63, 3.8) is 0 Å². The highest BCUT2D eigenvalue weighted by molar-refractivity contribution is 5.56. The lowest BCUT2D eigenvalue weighted by Crippen LogP contribution is -2.59. The minimum atomic E-state index is -4.56. The summed E-state index contributed by atoms with van der Waals surface area (Å²) in [6, 6.07) is 9.01. The molecule has 0 radical (unpaired) electrons. The second kappa shape index (κ2) is 5.96. The highest BCUT2D eigenvalue weighted by atomic mass is 19.4. The molecule has 2 aromatic rings. The van der Waals surface area contributed by atoms with Crippen LogP contribution in [0.15, 0.2) is 36.5 Å². The van der Waals surface area contributed by atoms with Gasteiger partial charge < -0.3 is 15.4 Å². The van der Waals surface area contributed by atoms with Crippen LogP contribution in [0, 0.1) is 0 Å². The van der Waals surface area contributed by atoms with Crippen molar-refractivity contribution in [3.05, 3.63) is 47.9 Å². The van der Waals surface area contributed by atoms with Crippen LogP contribution in [0.5, 0.6) is 0 Å². The van der Waals surface area contributed by atoms with E-state index >= 15 is 0 Å². The normalized spacial score (nSPS) is 25.8. The zero-order valence-corrected chi connectivity index (χ0v) is 13.3. The first-order valence-electron chi connectivity index (χ1n) is 8.09. The zero-order valence-electron chi connectivity index (χ0n) is 13.3. The Morgan fingerprint density at radius 1 is 1.20 bits per heavy atom. The molecule has 5 nitrogen and oxygen atoms in total. The number of hydrogen-bond donors (Lipinski definition) is 2. The molecule has 8 heteroatoms. The van der Waals surface area contributed by atoms with Crippen LogP contribution in [0.25, 0.3) is 0 Å². The first-order valence-corrected chi connectivity index (χ1v) is 8.09. The lowest BCUT2D eigenvalue weighted by atomic mass is 9.80. The summed E-state index contributed by atoms with van der Waals surface area (Å²) in [5.41, 5.74) is 1.62. The van der Waals surface area contributed by atoms with Crippen molar-refractivity contribution in [1.82, 2.24) is 15.3 Å². The third-order valence-electron chi connectivity index (χ3n) is 4.75. The Morgan fingerprint density at radius 3 is 2.60 bits per heavy atom. The number of morpholine rings is 1. The summed E-state index contributed by atoms with van der Waals surface area (Å²) in [7, 11) is 0. The van der Waals surface area contributed by atoms with Crippen LogP contribution < -0.4 is 10.6 Å². The molecule has 3 saturated heterocycles. The molecule has 3 fully saturated rings. The molecule has 4 heterocycles. The van der Waals surface area contributed by atoms with Crippen LogP contribution >= 0.6 is 0 Å². The van der Waals surface area contributed by atoms with Crippen LogP contribution in [-0.4, -0.2) is 29.2 Å². The van der Waals surface area contributed by atoms with Gasteiger partial charge in [-0.25, -0.2) is 9.97 Å². The Bertz CT molecular complexity index is 741. The number of benzene rings is 1. The molecule has 2 atom stereocenters. The average molecular weight is 350 g/mol. The van der Waals surface area contributed by atoms with E-state index in [0.29, 0.717) is 18.4 Å². The fourth-order valence-electron chi connectivity index (χ4n) is 3.35. The first-order chi connectivity index (χ1) is 11.9. The highest BCUT2D eigenvalue weighted by Gasteiger charge is 2.42. The van der Waals surface area contributed by atoms with Gasteiger partial charge >= 0.3 is 6.18 Å². The van der Waals surface area contributed by atoms with Crippen molar-refractivity contribution in [2.75, 3.05) is 18.5 Å². The van der Waals surface area contributed by atoms with E-state index in [4.69, 9.17) is 4.74 Å². The summed E-state index contributed by atoms with van der Waals surface area (Å²) in [4.78, 5) is 6.76. The molecule has 132 valence electrons. The van der Waals surface area contributed by atoms with Crippen molar-refractivity contribution in [1.29, 1.82) is 0 Å². The molecule has 0 spiro atoms. The van der Waals surface area contributed by atoms with Gasteiger partial charge in [0.25, 0.3) is 0 Å². The maximum absolute atomic E-state index is 12.7. The van der Waals surface area contributed by atoms with Crippen molar-refractivity contribution < 1.29 is 17.9 Å². The Morgan fingerprint density at radius 2 is 2.00 bits per heavy atom. The second-order valence-electron chi connectivity index (χ2n) is 6.40. The van der Waals surface area contributed by atoms with Gasteiger partial charge in [0.1, 0.15) is 5.82 Å². The standard InChI is InChI=1S/C17H17F3N4O/c18-17(19,20)15-21-8-6-14(24-15)23-12-3-1-11(2-4-12)16-7-5-13(9-22-16)25-10-16/h1-4,6,8,13,22H,5,7,9-10H2,(H,21,23,24). The predicted octanol–water partition coefficient (Wildman–Crippen LogP) is 3.22. The molecular weight excluding hydrogens is 333 g/mol. The minimum Gasteiger partial charge on any atom is -0.375 e. The average Bonchev–Trinajstić information content (AvgIpc) is 2.63. The SMILES string of the molecule is FC(F)(F)c1nccc(Nc2ccc(C34CCC(CN3)OC4)cc2)n1. The van der Waals surface area contributed by atoms with Gasteiger partial charge in [-0.05, 0) is 36.6 Å². The Balaban J connectivity index is 1.51. The summed E-state index contributed by atoms with van der Waals surface area (Å²) < 4.78 is 43.8. The maximum Gasteiger partial charge on any atom is 0.451 e. The fourth-order valence-corrected chi connectivity index (χ4v) is 3.35. The molecule has 2 N–H and O–H groups in total. The van der Waals surface area contributed by atoms with Crippen LogP contribution in [0.1, 0.15) is 24.2 Å². The van der Waals surface area contributed by atoms with Crippen LogP contribution in [-0.2, 0) is 16.5 Å². The van der Waals surface area contributed by atoms with E-state index in [0.717, 1.165) is 31.1 Å². The van der Waals surface area contributed by atoms with E-state index in [2.05, 4.69) is 20.6 Å². The number of halogens is 3. The summed E-state index contributed by atoms with van der Waals surface area (Å²) in [5.74, 6) is -1.05. The fraction of sp³-hybridized carbons (Fsp3) is 0.412. The van der Waals surface area contributed by atoms with E-state index in [9.17, 15) is 13.2 Å². The Labute approximate surface area is 142 Å². The number of rotatable bonds is 3. The van der Waals surface area contributed by atoms with Gasteiger partial charge in [0.2, 0.25) is 5.82 Å². The Kier molecular flexibility index (Phi) is 3.88. The summed E-state index contributed by atoms with van der Waals surface area (Å²) in [5, 5.41) is 6.43. The third kappa shape index (κ3) is 3.19. The molecular formula is C17H17F3N4O. The van der Waals surface area contributed by atoms with Gasteiger partial charge in [-0.2, -0.15) is 13.2 Å². The zero-order chi connectivity index (χ0) is 17.5. The molecule has 0 aliphatic carbocycles. The van der Waals surface area contributed by atoms with Gasteiger partial charge in [0.05, 0.1) is 18.2 Å². The van der Waals surface area contributed by atoms with Crippen molar-refractivity contribution in [3.8, 4) is 0 Å². The number of hydrogen-bond acceptors (Lipinski definition) is 5. The number of ether oxygens (including phenoxy) is 1. The van der Waals surface area contributed by atoms with Crippen LogP contribution in [0.3, 0.4) is 0 Å². The highest BCUT2D eigenvalue weighted by Crippen LogP contribution is 2.37. The number of nitrogens with one attached hydrogen (secondary N) is 2. The van der Waals surface area contributed by atoms with E-state index in [1.807, 2.05) is 24.3 Å². The van der Waals surface area contributed by atoms with Gasteiger partial charge in [-0.15, -0.1) is 0 Å². The number of piperidine rings is 1. The van der Waals surface area contributed by atoms with Crippen LogP contribution in [0.2, 0.25) is 0 Å². The molecule has 0 saturated carbocycles. The Hall–Kier alpha value is -2.19. The number of anilines is 2. The largest absolute Gasteiger partial charge is 0.451 e. The minimum absolute atomic E-state index is 0.105. The van der Waals surface area contributed by atoms with Gasteiger partial charge in [-0.1, -0.05) is 12.1 Å². The first kappa shape index (κ1) is 16.3. The molecule has 3 aliphatic rings. The number of aromatic nitrogens is 2. The van der Waals surface area contributed by atoms with Crippen molar-refractivity contribution in [2.45, 2.75) is 30.7 Å². The molecule has 2 unspecified atom stereocenters. The molecule has 0 amide bonds. The maximum atomic E-state index is 12.7. The quantitative estimate of drug-likeness (QED) is 0.890. The second-order valence-corrected chi connectivity index (χ2v) is 6.40. The smallest absolute Gasteiger partial charge is 0.375 e. The van der Waals surface area contributed by atoms with Gasteiger partial charge in [0, 0.05) is 18.4 Å². The van der Waals surface area contributed by atoms with E-state index < -0.39 is 12.0 Å². The van der Waals surface area contributed by atoms with Gasteiger partial charge in [-0.3, -0.25) is 0 Å². The number of alkyl halides is 3. The summed E-state index contributed by atoms with van der Waals surface area (Å²) >= 11 is 0. The molecule has 1 aromatic carbocycles. The lowest BCUT2D eigenvalue weighted by Gasteiger charge is -2.47. The monoisotopic (exact) mass is 350 g/mol. The summed E-state index contributed by atoms with van der Waals surface area (Å²) in [6.45, 7) is 1.49. The molecule has 2 bridgehead atoms. The van der Waals surface area contributed by atoms with Gasteiger partial charge in [0.15, 0.2) is 0 Å². The van der Waals surface area contributed by atoms with Crippen molar-refractivity contribution >= 4 is 11.5 Å².